The van der Waals surface area contributed by atoms with Crippen molar-refractivity contribution in [1.29, 1.82) is 0 Å². The zero-order valence-corrected chi connectivity index (χ0v) is 14.2. The first-order valence-corrected chi connectivity index (χ1v) is 10.5. The van der Waals surface area contributed by atoms with Crippen molar-refractivity contribution in [3.63, 3.8) is 0 Å². The third-order valence-electron chi connectivity index (χ3n) is 3.48. The molecule has 2 aromatic rings. The second-order valence-electron chi connectivity index (χ2n) is 5.29. The zero-order chi connectivity index (χ0) is 15.6. The van der Waals surface area contributed by atoms with E-state index in [9.17, 15) is 13.2 Å². The molecule has 0 bridgehead atoms. The van der Waals surface area contributed by atoms with Gasteiger partial charge in [0.15, 0.2) is 9.84 Å². The van der Waals surface area contributed by atoms with E-state index in [4.69, 9.17) is 4.74 Å². The molecule has 2 aromatic heterocycles. The summed E-state index contributed by atoms with van der Waals surface area (Å²) in [6.07, 6.45) is 0.719. The molecule has 0 aromatic carbocycles. The van der Waals surface area contributed by atoms with Crippen LogP contribution in [0.4, 0.5) is 0 Å². The van der Waals surface area contributed by atoms with Crippen molar-refractivity contribution in [2.45, 2.75) is 19.4 Å². The highest BCUT2D eigenvalue weighted by Gasteiger charge is 2.29. The summed E-state index contributed by atoms with van der Waals surface area (Å²) in [5, 5.41) is 6.80. The van der Waals surface area contributed by atoms with E-state index in [-0.39, 0.29) is 36.4 Å². The van der Waals surface area contributed by atoms with Crippen LogP contribution in [0.1, 0.15) is 18.5 Å². The predicted molar refractivity (Wildman–Crippen MR) is 86.6 cm³/mol. The van der Waals surface area contributed by atoms with Gasteiger partial charge in [-0.15, -0.1) is 11.3 Å². The molecule has 0 N–H and O–H groups in total. The lowest BCUT2D eigenvalue weighted by Gasteiger charge is -2.06. The third-order valence-corrected chi connectivity index (χ3v) is 6.94. The van der Waals surface area contributed by atoms with Crippen LogP contribution in [-0.2, 0) is 26.0 Å². The van der Waals surface area contributed by atoms with Crippen LogP contribution in [0, 0.1) is 5.92 Å². The molecule has 1 atom stereocenters. The average Bonchev–Trinajstić information content (AvgIpc) is 3.16. The molecule has 3 heterocycles. The molecule has 1 unspecified atom stereocenters. The maximum Gasteiger partial charge on any atom is 0.306 e. The van der Waals surface area contributed by atoms with E-state index in [2.05, 4.69) is 4.98 Å². The number of esters is 1. The van der Waals surface area contributed by atoms with Crippen molar-refractivity contribution in [2.75, 3.05) is 11.5 Å². The summed E-state index contributed by atoms with van der Waals surface area (Å²) in [7, 11) is -2.95. The highest BCUT2D eigenvalue weighted by molar-refractivity contribution is 7.91. The number of hydrogen-bond acceptors (Lipinski definition) is 7. The second-order valence-corrected chi connectivity index (χ2v) is 9.16. The lowest BCUT2D eigenvalue weighted by atomic mass is 10.1. The fraction of sp³-hybridized carbons (Fsp3) is 0.429. The molecule has 0 radical (unpaired) electrons. The Hall–Kier alpha value is -1.25. The third kappa shape index (κ3) is 3.93. The number of thiazole rings is 1. The Bertz CT molecular complexity index is 749. The van der Waals surface area contributed by atoms with Gasteiger partial charge < -0.3 is 4.74 Å². The first-order chi connectivity index (χ1) is 10.5. The number of rotatable bonds is 5. The molecule has 1 fully saturated rings. The lowest BCUT2D eigenvalue weighted by molar-refractivity contribution is -0.146. The molecule has 1 aliphatic heterocycles. The van der Waals surface area contributed by atoms with Gasteiger partial charge in [-0.05, 0) is 23.8 Å². The SMILES string of the molecule is O=C(CC1CCS(=O)(=O)C1)OCc1csc(-c2ccsc2)n1. The predicted octanol–water partition coefficient (Wildman–Crippen LogP) is 2.74. The molecule has 1 saturated heterocycles. The van der Waals surface area contributed by atoms with Crippen LogP contribution < -0.4 is 0 Å². The van der Waals surface area contributed by atoms with Gasteiger partial charge in [0.2, 0.25) is 0 Å². The summed E-state index contributed by atoms with van der Waals surface area (Å²) < 4.78 is 27.9. The normalized spacial score (nSPS) is 20.1. The molecule has 0 amide bonds. The number of sulfone groups is 1. The first kappa shape index (κ1) is 15.6. The van der Waals surface area contributed by atoms with Crippen LogP contribution >= 0.6 is 22.7 Å². The van der Waals surface area contributed by atoms with Crippen LogP contribution in [0.25, 0.3) is 10.6 Å². The van der Waals surface area contributed by atoms with Crippen LogP contribution in [0.15, 0.2) is 22.2 Å². The number of hydrogen-bond donors (Lipinski definition) is 0. The number of carbonyl (C=O) groups excluding carboxylic acids is 1. The number of aromatic nitrogens is 1. The zero-order valence-electron chi connectivity index (χ0n) is 11.7. The van der Waals surface area contributed by atoms with Gasteiger partial charge in [-0.1, -0.05) is 0 Å². The summed E-state index contributed by atoms with van der Waals surface area (Å²) in [5.41, 5.74) is 1.79. The molecule has 0 saturated carbocycles. The molecule has 22 heavy (non-hydrogen) atoms. The summed E-state index contributed by atoms with van der Waals surface area (Å²) in [5.74, 6) is -0.177. The minimum absolute atomic E-state index is 0.0983. The Morgan fingerprint density at radius 3 is 2.95 bits per heavy atom. The van der Waals surface area contributed by atoms with Crippen LogP contribution in [0.3, 0.4) is 0 Å². The number of thiophene rings is 1. The van der Waals surface area contributed by atoms with Crippen molar-refractivity contribution in [1.82, 2.24) is 4.98 Å². The maximum absolute atomic E-state index is 11.8. The van der Waals surface area contributed by atoms with E-state index in [1.165, 1.54) is 11.3 Å². The quantitative estimate of drug-likeness (QED) is 0.769. The Morgan fingerprint density at radius 1 is 1.41 bits per heavy atom. The Morgan fingerprint density at radius 2 is 2.27 bits per heavy atom. The fourth-order valence-electron chi connectivity index (χ4n) is 2.37. The highest BCUT2D eigenvalue weighted by Crippen LogP contribution is 2.26. The van der Waals surface area contributed by atoms with Gasteiger partial charge in [0.05, 0.1) is 17.2 Å². The Balaban J connectivity index is 1.49. The minimum atomic E-state index is -2.95. The molecule has 118 valence electrons. The van der Waals surface area contributed by atoms with Gasteiger partial charge in [0, 0.05) is 22.7 Å². The van der Waals surface area contributed by atoms with E-state index < -0.39 is 9.84 Å². The highest BCUT2D eigenvalue weighted by atomic mass is 32.2. The monoisotopic (exact) mass is 357 g/mol. The van der Waals surface area contributed by atoms with Crippen molar-refractivity contribution < 1.29 is 17.9 Å². The van der Waals surface area contributed by atoms with Gasteiger partial charge in [-0.2, -0.15) is 11.3 Å². The van der Waals surface area contributed by atoms with Gasteiger partial charge >= 0.3 is 5.97 Å². The van der Waals surface area contributed by atoms with E-state index in [0.29, 0.717) is 6.42 Å². The molecular formula is C14H15NO4S3. The average molecular weight is 357 g/mol. The van der Waals surface area contributed by atoms with Crippen molar-refractivity contribution in [3.8, 4) is 10.6 Å². The van der Waals surface area contributed by atoms with E-state index in [1.807, 2.05) is 22.2 Å². The summed E-state index contributed by atoms with van der Waals surface area (Å²) >= 11 is 3.13. The van der Waals surface area contributed by atoms with Gasteiger partial charge in [0.1, 0.15) is 11.6 Å². The molecule has 0 aliphatic carbocycles. The lowest BCUT2D eigenvalue weighted by Crippen LogP contribution is -2.13. The first-order valence-electron chi connectivity index (χ1n) is 6.85. The molecule has 1 aliphatic rings. The molecule has 5 nitrogen and oxygen atoms in total. The second kappa shape index (κ2) is 6.47. The van der Waals surface area contributed by atoms with Crippen molar-refractivity contribution >= 4 is 38.5 Å². The van der Waals surface area contributed by atoms with Crippen molar-refractivity contribution in [3.05, 3.63) is 27.9 Å². The Kier molecular flexibility index (Phi) is 4.60. The smallest absolute Gasteiger partial charge is 0.306 e. The maximum atomic E-state index is 11.8. The molecule has 3 rings (SSSR count). The van der Waals surface area contributed by atoms with Gasteiger partial charge in [-0.3, -0.25) is 4.79 Å². The standard InChI is InChI=1S/C14H15NO4S3/c16-13(5-10-2-4-22(17,18)9-10)19-6-12-8-21-14(15-12)11-1-3-20-7-11/h1,3,7-8,10H,2,4-6,9H2. The van der Waals surface area contributed by atoms with E-state index in [0.717, 1.165) is 16.3 Å². The largest absolute Gasteiger partial charge is 0.459 e. The summed E-state index contributed by atoms with van der Waals surface area (Å²) in [4.78, 5) is 16.2. The van der Waals surface area contributed by atoms with Gasteiger partial charge in [-0.25, -0.2) is 13.4 Å². The van der Waals surface area contributed by atoms with Gasteiger partial charge in [0.25, 0.3) is 0 Å². The molecule has 8 heteroatoms. The molecule has 0 spiro atoms. The van der Waals surface area contributed by atoms with Crippen LogP contribution in [0.2, 0.25) is 0 Å². The van der Waals surface area contributed by atoms with E-state index in [1.54, 1.807) is 11.3 Å². The van der Waals surface area contributed by atoms with Crippen LogP contribution in [0.5, 0.6) is 0 Å². The number of ether oxygens (including phenoxy) is 1. The van der Waals surface area contributed by atoms with E-state index >= 15 is 0 Å². The van der Waals surface area contributed by atoms with Crippen molar-refractivity contribution in [2.24, 2.45) is 5.92 Å². The van der Waals surface area contributed by atoms with Crippen LogP contribution in [-0.4, -0.2) is 30.9 Å². The fourth-order valence-corrected chi connectivity index (χ4v) is 5.75. The number of nitrogens with zero attached hydrogens (tertiary/aromatic N) is 1. The number of carbonyl (C=O) groups is 1. The summed E-state index contributed by atoms with van der Waals surface area (Å²) in [6, 6.07) is 2.00. The topological polar surface area (TPSA) is 73.3 Å². The summed E-state index contributed by atoms with van der Waals surface area (Å²) in [6.45, 7) is 0.138. The molecular weight excluding hydrogens is 342 g/mol. The Labute approximate surface area is 136 Å². The minimum Gasteiger partial charge on any atom is -0.459 e.